The number of nitrogens with one attached hydrogen (secondary N) is 2. The number of rotatable bonds is 17. The van der Waals surface area contributed by atoms with E-state index in [1.54, 1.807) is 35.7 Å². The van der Waals surface area contributed by atoms with E-state index in [4.69, 9.17) is 36.0 Å². The van der Waals surface area contributed by atoms with Crippen LogP contribution in [0.1, 0.15) is 65.4 Å². The number of aliphatic carboxylic acids is 1. The number of cyclic esters (lactones) is 1. The molecule has 3 amide bonds. The number of methoxy groups -OCH3 is 1. The summed E-state index contributed by atoms with van der Waals surface area (Å²) in [5.74, 6) is 0.359. The summed E-state index contributed by atoms with van der Waals surface area (Å²) in [7, 11) is 8.96. The normalized spacial score (nSPS) is 22.1. The molecule has 12 nitrogen and oxygen atoms in total. The maximum atomic E-state index is 12.2. The first kappa shape index (κ1) is 46.1. The standard InChI is InChI=1S/C27H37ClN2O5.C8H15NO3S2.CH4O/c1-17(14-19-10-11-21(28)23(15-19)33-5)8-6-7-9-20-16-22(34-26(32)30-20)18(2)25-27(3,35-25)13-12-24(31)29-4;1-6(8(11)12)9(2)7(10)4-5-14-13-3;1-2/h6-8,10-11,15,18,20,22,25H,9,12-14,16H2,1-5H3,(H,29,31)(H,30,32);6H,4-5H2,1-3H3,(H,11,12);2H,1H3/b7-6+,17-8+;;/t18-,20?,22?,25?,27?;;/m1../s1. The molecule has 2 fully saturated rings. The molecule has 2 aliphatic rings. The minimum atomic E-state index is -0.974. The number of benzene rings is 1. The van der Waals surface area contributed by atoms with Gasteiger partial charge in [0.15, 0.2) is 0 Å². The lowest BCUT2D eigenvalue weighted by atomic mass is 9.86. The highest BCUT2D eigenvalue weighted by Gasteiger charge is 2.57. The van der Waals surface area contributed by atoms with Gasteiger partial charge in [-0.2, -0.15) is 0 Å². The third kappa shape index (κ3) is 16.1. The molecule has 51 heavy (non-hydrogen) atoms. The fourth-order valence-corrected chi connectivity index (χ4v) is 6.81. The van der Waals surface area contributed by atoms with E-state index in [9.17, 15) is 19.2 Å². The first-order chi connectivity index (χ1) is 24.1. The number of epoxide rings is 1. The molecular formula is C36H56ClN3O9S2. The van der Waals surface area contributed by atoms with Crippen molar-refractivity contribution in [1.29, 1.82) is 0 Å². The molecule has 0 bridgehead atoms. The number of likely N-dealkylation sites (N-methyl/N-ethyl adjacent to an activating group) is 1. The SMILES string of the molecule is CNC(=O)CCC1(C)OC1[C@H](C)C1CC(C/C=C/C=C(\C)Cc2ccc(Cl)c(OC)c2)NC(=O)O1.CO.CSSCCC(=O)N(C)C(C)C(=O)O. The van der Waals surface area contributed by atoms with Gasteiger partial charge in [-0.1, -0.05) is 70.0 Å². The summed E-state index contributed by atoms with van der Waals surface area (Å²) in [5, 5.41) is 21.8. The Morgan fingerprint density at radius 2 is 1.94 bits per heavy atom. The van der Waals surface area contributed by atoms with Crippen LogP contribution in [0.4, 0.5) is 4.79 Å². The third-order valence-corrected chi connectivity index (χ3v) is 10.8. The number of allylic oxidation sites excluding steroid dienone is 3. The van der Waals surface area contributed by atoms with Crippen molar-refractivity contribution in [3.05, 3.63) is 52.6 Å². The van der Waals surface area contributed by atoms with Crippen LogP contribution in [0.3, 0.4) is 0 Å². The molecule has 0 aromatic heterocycles. The van der Waals surface area contributed by atoms with Crippen molar-refractivity contribution in [3.63, 3.8) is 0 Å². The number of carbonyl (C=O) groups is 4. The molecule has 2 heterocycles. The van der Waals surface area contributed by atoms with Crippen LogP contribution in [-0.2, 0) is 30.3 Å². The van der Waals surface area contributed by atoms with E-state index in [1.165, 1.54) is 24.4 Å². The van der Waals surface area contributed by atoms with E-state index in [0.29, 0.717) is 30.0 Å². The average Bonchev–Trinajstić information content (AvgIpc) is 3.80. The lowest BCUT2D eigenvalue weighted by molar-refractivity contribution is -0.148. The number of carboxylic acids is 1. The predicted octanol–water partition coefficient (Wildman–Crippen LogP) is 5.90. The number of ether oxygens (including phenoxy) is 3. The quantitative estimate of drug-likeness (QED) is 0.0645. The molecule has 4 N–H and O–H groups in total. The summed E-state index contributed by atoms with van der Waals surface area (Å²) in [6, 6.07) is 5.06. The summed E-state index contributed by atoms with van der Waals surface area (Å²) < 4.78 is 16.8. The largest absolute Gasteiger partial charge is 0.495 e. The van der Waals surface area contributed by atoms with Gasteiger partial charge in [-0.05, 0) is 64.0 Å². The minimum absolute atomic E-state index is 0.00468. The van der Waals surface area contributed by atoms with E-state index >= 15 is 0 Å². The predicted molar refractivity (Wildman–Crippen MR) is 205 cm³/mol. The van der Waals surface area contributed by atoms with Gasteiger partial charge >= 0.3 is 12.1 Å². The highest BCUT2D eigenvalue weighted by molar-refractivity contribution is 8.76. The van der Waals surface area contributed by atoms with Gasteiger partial charge in [-0.3, -0.25) is 9.59 Å². The van der Waals surface area contributed by atoms with E-state index in [2.05, 4.69) is 36.6 Å². The van der Waals surface area contributed by atoms with Crippen LogP contribution in [0.5, 0.6) is 5.75 Å². The zero-order chi connectivity index (χ0) is 38.7. The molecule has 2 saturated heterocycles. The molecule has 5 unspecified atom stereocenters. The fourth-order valence-electron chi connectivity index (χ4n) is 5.45. The second-order valence-corrected chi connectivity index (χ2v) is 15.6. The molecule has 3 rings (SSSR count). The summed E-state index contributed by atoms with van der Waals surface area (Å²) in [6.07, 6.45) is 11.2. The summed E-state index contributed by atoms with van der Waals surface area (Å²) in [4.78, 5) is 47.0. The smallest absolute Gasteiger partial charge is 0.407 e. The van der Waals surface area contributed by atoms with Crippen molar-refractivity contribution >= 4 is 57.1 Å². The van der Waals surface area contributed by atoms with Crippen LogP contribution in [0.25, 0.3) is 0 Å². The third-order valence-electron chi connectivity index (χ3n) is 8.71. The van der Waals surface area contributed by atoms with Crippen LogP contribution in [-0.4, -0.2) is 109 Å². The number of aliphatic hydroxyl groups excluding tert-OH is 1. The second-order valence-electron chi connectivity index (χ2n) is 12.5. The van der Waals surface area contributed by atoms with E-state index in [0.717, 1.165) is 37.7 Å². The van der Waals surface area contributed by atoms with Gasteiger partial charge in [0, 0.05) is 58.2 Å². The molecule has 6 atom stereocenters. The number of carbonyl (C=O) groups excluding carboxylic acids is 3. The fraction of sp³-hybridized carbons (Fsp3) is 0.611. The van der Waals surface area contributed by atoms with Crippen LogP contribution < -0.4 is 15.4 Å². The van der Waals surface area contributed by atoms with Gasteiger partial charge in [-0.15, -0.1) is 0 Å². The Hall–Kier alpha value is -2.91. The molecule has 0 aliphatic carbocycles. The Bertz CT molecular complexity index is 1350. The number of nitrogens with zero attached hydrogens (tertiary/aromatic N) is 1. The Kier molecular flexibility index (Phi) is 21.3. The summed E-state index contributed by atoms with van der Waals surface area (Å²) >= 11 is 6.10. The number of carboxylic acid groups (broad SMARTS) is 1. The number of alkyl carbamates (subject to hydrolysis) is 1. The molecule has 0 saturated carbocycles. The zero-order valence-electron chi connectivity index (χ0n) is 31.2. The second kappa shape index (κ2) is 23.6. The van der Waals surface area contributed by atoms with Crippen molar-refractivity contribution in [1.82, 2.24) is 15.5 Å². The maximum absolute atomic E-state index is 12.2. The maximum Gasteiger partial charge on any atom is 0.407 e. The Morgan fingerprint density at radius 1 is 1.25 bits per heavy atom. The monoisotopic (exact) mass is 773 g/mol. The summed E-state index contributed by atoms with van der Waals surface area (Å²) in [5.41, 5.74) is 2.00. The van der Waals surface area contributed by atoms with E-state index in [1.807, 2.05) is 37.5 Å². The van der Waals surface area contributed by atoms with Gasteiger partial charge in [-0.25, -0.2) is 9.59 Å². The van der Waals surface area contributed by atoms with E-state index < -0.39 is 12.0 Å². The minimum Gasteiger partial charge on any atom is -0.495 e. The first-order valence-corrected chi connectivity index (χ1v) is 19.8. The lowest BCUT2D eigenvalue weighted by Gasteiger charge is -2.33. The summed E-state index contributed by atoms with van der Waals surface area (Å²) in [6.45, 7) is 7.66. The zero-order valence-corrected chi connectivity index (χ0v) is 33.6. The molecule has 2 aliphatic heterocycles. The van der Waals surface area contributed by atoms with Gasteiger partial charge in [0.1, 0.15) is 17.9 Å². The first-order valence-electron chi connectivity index (χ1n) is 16.7. The van der Waals surface area contributed by atoms with Gasteiger partial charge in [0.05, 0.1) is 23.8 Å². The number of aliphatic hydroxyl groups is 1. The van der Waals surface area contributed by atoms with Crippen LogP contribution in [0.2, 0.25) is 5.02 Å². The lowest BCUT2D eigenvalue weighted by Crippen LogP contribution is -2.48. The van der Waals surface area contributed by atoms with Gasteiger partial charge in [0.25, 0.3) is 0 Å². The Labute approximate surface area is 315 Å². The average molecular weight is 774 g/mol. The Morgan fingerprint density at radius 3 is 2.55 bits per heavy atom. The highest BCUT2D eigenvalue weighted by Crippen LogP contribution is 2.46. The number of hydrogen-bond donors (Lipinski definition) is 4. The van der Waals surface area contributed by atoms with Crippen molar-refractivity contribution in [3.8, 4) is 5.75 Å². The van der Waals surface area contributed by atoms with Gasteiger partial charge in [0.2, 0.25) is 11.8 Å². The molecule has 1 aromatic rings. The number of amides is 3. The van der Waals surface area contributed by atoms with E-state index in [-0.39, 0.29) is 47.7 Å². The van der Waals surface area contributed by atoms with Crippen molar-refractivity contribution in [2.24, 2.45) is 5.92 Å². The molecular weight excluding hydrogens is 718 g/mol. The van der Waals surface area contributed by atoms with Crippen LogP contribution in [0.15, 0.2) is 42.0 Å². The molecule has 1 aromatic carbocycles. The number of halogens is 1. The molecule has 0 radical (unpaired) electrons. The topological polar surface area (TPSA) is 167 Å². The highest BCUT2D eigenvalue weighted by atomic mass is 35.5. The van der Waals surface area contributed by atoms with Crippen LogP contribution >= 0.6 is 33.2 Å². The van der Waals surface area contributed by atoms with Crippen molar-refractivity contribution in [2.75, 3.05) is 40.3 Å². The van der Waals surface area contributed by atoms with Crippen LogP contribution in [0, 0.1) is 5.92 Å². The van der Waals surface area contributed by atoms with Crippen molar-refractivity contribution < 1.29 is 43.6 Å². The van der Waals surface area contributed by atoms with Gasteiger partial charge < -0.3 is 40.0 Å². The van der Waals surface area contributed by atoms with Crippen molar-refractivity contribution in [2.45, 2.75) is 96.1 Å². The Balaban J connectivity index is 0.000000684. The molecule has 15 heteroatoms. The molecule has 288 valence electrons. The molecule has 0 spiro atoms. The number of hydrogen-bond acceptors (Lipinski definition) is 10.